The van der Waals surface area contributed by atoms with E-state index in [2.05, 4.69) is 11.9 Å². The fraction of sp³-hybridized carbons (Fsp3) is 0.727. The summed E-state index contributed by atoms with van der Waals surface area (Å²) in [6.07, 6.45) is 3.47. The fourth-order valence-electron chi connectivity index (χ4n) is 1.95. The van der Waals surface area contributed by atoms with E-state index in [1.807, 2.05) is 6.92 Å². The summed E-state index contributed by atoms with van der Waals surface area (Å²) in [5, 5.41) is 1.10. The highest BCUT2D eigenvalue weighted by molar-refractivity contribution is 7.11. The third-order valence-electron chi connectivity index (χ3n) is 3.00. The van der Waals surface area contributed by atoms with Crippen molar-refractivity contribution in [2.24, 2.45) is 5.73 Å². The second-order valence-electron chi connectivity index (χ2n) is 4.27. The maximum absolute atomic E-state index is 5.87. The maximum atomic E-state index is 5.87. The lowest BCUT2D eigenvalue weighted by molar-refractivity contribution is -0.0702. The van der Waals surface area contributed by atoms with Crippen LogP contribution < -0.4 is 5.73 Å². The molecular weight excluding hydrogens is 208 g/mol. The molecule has 2 N–H and O–H groups in total. The van der Waals surface area contributed by atoms with Gasteiger partial charge in [0.15, 0.2) is 0 Å². The first-order valence-corrected chi connectivity index (χ1v) is 6.28. The molecule has 0 aliphatic carbocycles. The van der Waals surface area contributed by atoms with Gasteiger partial charge in [0.1, 0.15) is 10.6 Å². The first-order valence-electron chi connectivity index (χ1n) is 5.46. The number of hydrogen-bond acceptors (Lipinski definition) is 4. The van der Waals surface area contributed by atoms with Crippen LogP contribution in [0.15, 0.2) is 0 Å². The zero-order valence-electron chi connectivity index (χ0n) is 9.38. The Bertz CT molecular complexity index is 342. The van der Waals surface area contributed by atoms with Crippen LogP contribution in [0.5, 0.6) is 0 Å². The van der Waals surface area contributed by atoms with E-state index < -0.39 is 0 Å². The average molecular weight is 226 g/mol. The van der Waals surface area contributed by atoms with Crippen LogP contribution in [-0.4, -0.2) is 11.6 Å². The minimum atomic E-state index is -0.166. The minimum absolute atomic E-state index is 0.166. The van der Waals surface area contributed by atoms with Crippen LogP contribution in [0.3, 0.4) is 0 Å². The van der Waals surface area contributed by atoms with E-state index in [-0.39, 0.29) is 5.60 Å². The molecule has 1 aromatic rings. The van der Waals surface area contributed by atoms with E-state index in [0.717, 1.165) is 23.7 Å². The Labute approximate surface area is 94.7 Å². The van der Waals surface area contributed by atoms with Crippen molar-refractivity contribution in [3.8, 4) is 0 Å². The van der Waals surface area contributed by atoms with Crippen molar-refractivity contribution in [1.29, 1.82) is 0 Å². The Kier molecular flexibility index (Phi) is 3.09. The maximum Gasteiger partial charge on any atom is 0.125 e. The van der Waals surface area contributed by atoms with E-state index in [1.165, 1.54) is 17.7 Å². The second kappa shape index (κ2) is 4.20. The van der Waals surface area contributed by atoms with E-state index in [1.54, 1.807) is 11.3 Å². The molecule has 84 valence electrons. The Morgan fingerprint density at radius 2 is 2.33 bits per heavy atom. The van der Waals surface area contributed by atoms with Crippen LogP contribution in [0, 0.1) is 6.92 Å². The van der Waals surface area contributed by atoms with Crippen molar-refractivity contribution in [1.82, 2.24) is 4.98 Å². The van der Waals surface area contributed by atoms with Crippen molar-refractivity contribution in [2.75, 3.05) is 6.61 Å². The average Bonchev–Trinajstić information content (AvgIpc) is 2.61. The van der Waals surface area contributed by atoms with Crippen molar-refractivity contribution in [3.05, 3.63) is 15.6 Å². The van der Waals surface area contributed by atoms with Gasteiger partial charge in [0.25, 0.3) is 0 Å². The van der Waals surface area contributed by atoms with Crippen LogP contribution >= 0.6 is 11.3 Å². The van der Waals surface area contributed by atoms with E-state index in [0.29, 0.717) is 6.54 Å². The summed E-state index contributed by atoms with van der Waals surface area (Å²) in [6.45, 7) is 5.60. The van der Waals surface area contributed by atoms with E-state index in [9.17, 15) is 0 Å². The van der Waals surface area contributed by atoms with Crippen LogP contribution in [0.4, 0.5) is 0 Å². The number of hydrogen-bond donors (Lipinski definition) is 1. The number of ether oxygens (including phenoxy) is 1. The zero-order chi connectivity index (χ0) is 10.9. The standard InChI is InChI=1S/C11H18N2OS/c1-8-9(7-12)15-10(13-8)11(2)5-3-4-6-14-11/h3-7,12H2,1-2H3. The molecule has 2 rings (SSSR count). The predicted octanol–water partition coefficient (Wildman–Crippen LogP) is 2.33. The van der Waals surface area contributed by atoms with Gasteiger partial charge in [-0.05, 0) is 33.1 Å². The highest BCUT2D eigenvalue weighted by Crippen LogP contribution is 2.37. The van der Waals surface area contributed by atoms with Crippen molar-refractivity contribution >= 4 is 11.3 Å². The molecule has 1 saturated heterocycles. The summed E-state index contributed by atoms with van der Waals surface area (Å²) < 4.78 is 5.87. The third-order valence-corrected chi connectivity index (χ3v) is 4.42. The lowest BCUT2D eigenvalue weighted by Gasteiger charge is -2.31. The van der Waals surface area contributed by atoms with Gasteiger partial charge in [-0.3, -0.25) is 0 Å². The largest absolute Gasteiger partial charge is 0.368 e. The molecule has 0 amide bonds. The first-order chi connectivity index (χ1) is 7.15. The molecule has 15 heavy (non-hydrogen) atoms. The van der Waals surface area contributed by atoms with Crippen molar-refractivity contribution in [2.45, 2.75) is 45.3 Å². The molecule has 1 fully saturated rings. The molecule has 1 aromatic heterocycles. The summed E-state index contributed by atoms with van der Waals surface area (Å²) in [6, 6.07) is 0. The Morgan fingerprint density at radius 1 is 1.53 bits per heavy atom. The number of aromatic nitrogens is 1. The van der Waals surface area contributed by atoms with Gasteiger partial charge in [-0.15, -0.1) is 11.3 Å². The lowest BCUT2D eigenvalue weighted by atomic mass is 9.97. The molecule has 1 aliphatic heterocycles. The summed E-state index contributed by atoms with van der Waals surface area (Å²) in [7, 11) is 0. The number of rotatable bonds is 2. The molecule has 1 aliphatic rings. The van der Waals surface area contributed by atoms with Gasteiger partial charge in [-0.1, -0.05) is 0 Å². The normalized spacial score (nSPS) is 26.9. The monoisotopic (exact) mass is 226 g/mol. The van der Waals surface area contributed by atoms with E-state index in [4.69, 9.17) is 10.5 Å². The van der Waals surface area contributed by atoms with Crippen LogP contribution in [-0.2, 0) is 16.9 Å². The van der Waals surface area contributed by atoms with Crippen LogP contribution in [0.2, 0.25) is 0 Å². The van der Waals surface area contributed by atoms with Crippen LogP contribution in [0.25, 0.3) is 0 Å². The Balaban J connectivity index is 2.27. The summed E-state index contributed by atoms with van der Waals surface area (Å²) in [5.41, 5.74) is 6.56. The molecule has 0 aromatic carbocycles. The van der Waals surface area contributed by atoms with Gasteiger partial charge >= 0.3 is 0 Å². The molecule has 1 unspecified atom stereocenters. The zero-order valence-corrected chi connectivity index (χ0v) is 10.2. The number of thiazole rings is 1. The Morgan fingerprint density at radius 3 is 2.87 bits per heavy atom. The van der Waals surface area contributed by atoms with Gasteiger partial charge < -0.3 is 10.5 Å². The Hall–Kier alpha value is -0.450. The van der Waals surface area contributed by atoms with Gasteiger partial charge in [-0.25, -0.2) is 4.98 Å². The molecule has 2 heterocycles. The number of nitrogens with zero attached hydrogens (tertiary/aromatic N) is 1. The van der Waals surface area contributed by atoms with E-state index >= 15 is 0 Å². The molecule has 4 heteroatoms. The van der Waals surface area contributed by atoms with Gasteiger partial charge in [0, 0.05) is 18.0 Å². The third kappa shape index (κ3) is 2.07. The van der Waals surface area contributed by atoms with Crippen molar-refractivity contribution < 1.29 is 4.74 Å². The van der Waals surface area contributed by atoms with Gasteiger partial charge in [-0.2, -0.15) is 0 Å². The summed E-state index contributed by atoms with van der Waals surface area (Å²) in [4.78, 5) is 5.77. The molecule has 0 saturated carbocycles. The molecule has 3 nitrogen and oxygen atoms in total. The SMILES string of the molecule is Cc1nc(C2(C)CCCCO2)sc1CN. The fourth-order valence-corrected chi connectivity index (χ4v) is 3.02. The van der Waals surface area contributed by atoms with Gasteiger partial charge in [0.2, 0.25) is 0 Å². The summed E-state index contributed by atoms with van der Waals surface area (Å²) >= 11 is 1.70. The second-order valence-corrected chi connectivity index (χ2v) is 5.35. The number of nitrogens with two attached hydrogens (primary N) is 1. The smallest absolute Gasteiger partial charge is 0.125 e. The minimum Gasteiger partial charge on any atom is -0.368 e. The molecule has 0 bridgehead atoms. The number of aryl methyl sites for hydroxylation is 1. The lowest BCUT2D eigenvalue weighted by Crippen LogP contribution is -2.29. The summed E-state index contributed by atoms with van der Waals surface area (Å²) in [5.74, 6) is 0. The highest BCUT2D eigenvalue weighted by Gasteiger charge is 2.33. The first kappa shape index (κ1) is 11.0. The molecule has 0 radical (unpaired) electrons. The highest BCUT2D eigenvalue weighted by atomic mass is 32.1. The van der Waals surface area contributed by atoms with Gasteiger partial charge in [0.05, 0.1) is 5.69 Å². The quantitative estimate of drug-likeness (QED) is 0.842. The predicted molar refractivity (Wildman–Crippen MR) is 61.9 cm³/mol. The van der Waals surface area contributed by atoms with Crippen molar-refractivity contribution in [3.63, 3.8) is 0 Å². The van der Waals surface area contributed by atoms with Crippen LogP contribution in [0.1, 0.15) is 41.8 Å². The molecule has 0 spiro atoms. The molecular formula is C11H18N2OS. The topological polar surface area (TPSA) is 48.1 Å². The molecule has 1 atom stereocenters.